The molecule has 1 aromatic heterocycles. The van der Waals surface area contributed by atoms with Crippen molar-refractivity contribution in [3.63, 3.8) is 0 Å². The van der Waals surface area contributed by atoms with Crippen LogP contribution in [-0.2, 0) is 9.59 Å². The van der Waals surface area contributed by atoms with Gasteiger partial charge in [-0.3, -0.25) is 9.59 Å². The van der Waals surface area contributed by atoms with E-state index in [2.05, 4.69) is 6.92 Å². The Morgan fingerprint density at radius 1 is 1.14 bits per heavy atom. The summed E-state index contributed by atoms with van der Waals surface area (Å²) in [4.78, 5) is 27.0. The standard InChI is InChI=1S/C22H25NO5/c1-4-5-6-13-23-19(17-12-7-14(2)28-17)18(21(25)22(23)26)20(24)15-8-10-16(27-3)11-9-15/h7-12,19,24H,4-6,13H2,1-3H3/b20-18-. The maximum absolute atomic E-state index is 12.8. The second-order valence-electron chi connectivity index (χ2n) is 6.88. The number of carbonyl (C=O) groups excluding carboxylic acids is 2. The van der Waals surface area contributed by atoms with Gasteiger partial charge >= 0.3 is 0 Å². The molecule has 0 aliphatic carbocycles. The normalized spacial score (nSPS) is 18.7. The Balaban J connectivity index is 2.07. The molecule has 1 aromatic carbocycles. The van der Waals surface area contributed by atoms with Gasteiger partial charge in [0.15, 0.2) is 0 Å². The van der Waals surface area contributed by atoms with Crippen LogP contribution in [0.25, 0.3) is 5.76 Å². The maximum atomic E-state index is 12.8. The van der Waals surface area contributed by atoms with Gasteiger partial charge in [0.1, 0.15) is 29.1 Å². The lowest BCUT2D eigenvalue weighted by Crippen LogP contribution is -2.30. The van der Waals surface area contributed by atoms with E-state index in [-0.39, 0.29) is 11.3 Å². The molecule has 28 heavy (non-hydrogen) atoms. The quantitative estimate of drug-likeness (QED) is 0.335. The van der Waals surface area contributed by atoms with Crippen LogP contribution >= 0.6 is 0 Å². The molecule has 3 rings (SSSR count). The number of Topliss-reactive ketones (excluding diaryl/α,β-unsaturated/α-hetero) is 1. The fourth-order valence-electron chi connectivity index (χ4n) is 3.44. The van der Waals surface area contributed by atoms with Gasteiger partial charge in [0.05, 0.1) is 12.7 Å². The fourth-order valence-corrected chi connectivity index (χ4v) is 3.44. The molecule has 6 heteroatoms. The van der Waals surface area contributed by atoms with Crippen molar-refractivity contribution in [1.29, 1.82) is 0 Å². The van der Waals surface area contributed by atoms with Crippen LogP contribution in [0.4, 0.5) is 0 Å². The number of likely N-dealkylation sites (tertiary alicyclic amines) is 1. The molecule has 0 bridgehead atoms. The van der Waals surface area contributed by atoms with Crippen LogP contribution in [-0.4, -0.2) is 35.4 Å². The first-order chi connectivity index (χ1) is 13.5. The van der Waals surface area contributed by atoms with E-state index >= 15 is 0 Å². The molecule has 1 amide bonds. The van der Waals surface area contributed by atoms with Crippen molar-refractivity contribution in [1.82, 2.24) is 4.90 Å². The van der Waals surface area contributed by atoms with Gasteiger partial charge in [0.25, 0.3) is 11.7 Å². The molecule has 1 atom stereocenters. The Hall–Kier alpha value is -3.02. The first kappa shape index (κ1) is 19.7. The van der Waals surface area contributed by atoms with Gasteiger partial charge in [0.2, 0.25) is 0 Å². The maximum Gasteiger partial charge on any atom is 0.295 e. The van der Waals surface area contributed by atoms with Gasteiger partial charge in [0, 0.05) is 12.1 Å². The summed E-state index contributed by atoms with van der Waals surface area (Å²) in [6.45, 7) is 4.31. The van der Waals surface area contributed by atoms with Crippen LogP contribution in [0.1, 0.15) is 49.3 Å². The lowest BCUT2D eigenvalue weighted by atomic mass is 9.99. The molecule has 1 saturated heterocycles. The number of carbonyl (C=O) groups is 2. The van der Waals surface area contributed by atoms with E-state index in [1.54, 1.807) is 50.4 Å². The van der Waals surface area contributed by atoms with E-state index in [9.17, 15) is 14.7 Å². The van der Waals surface area contributed by atoms with E-state index in [0.717, 1.165) is 19.3 Å². The summed E-state index contributed by atoms with van der Waals surface area (Å²) in [5, 5.41) is 10.9. The largest absolute Gasteiger partial charge is 0.507 e. The second-order valence-corrected chi connectivity index (χ2v) is 6.88. The summed E-state index contributed by atoms with van der Waals surface area (Å²) in [5.74, 6) is 0.281. The summed E-state index contributed by atoms with van der Waals surface area (Å²) in [6.07, 6.45) is 2.73. The SMILES string of the molecule is CCCCCN1C(=O)C(=O)/C(=C(\O)c2ccc(OC)cc2)C1c1ccc(C)o1. The summed E-state index contributed by atoms with van der Waals surface area (Å²) in [6, 6.07) is 9.51. The Kier molecular flexibility index (Phi) is 5.87. The predicted octanol–water partition coefficient (Wildman–Crippen LogP) is 4.21. The number of benzene rings is 1. The number of nitrogens with zero attached hydrogens (tertiary/aromatic N) is 1. The average molecular weight is 383 g/mol. The summed E-state index contributed by atoms with van der Waals surface area (Å²) in [7, 11) is 1.55. The molecule has 1 N–H and O–H groups in total. The zero-order valence-corrected chi connectivity index (χ0v) is 16.4. The molecule has 1 aliphatic rings. The van der Waals surface area contributed by atoms with Crippen molar-refractivity contribution in [3.05, 3.63) is 59.1 Å². The van der Waals surface area contributed by atoms with Crippen molar-refractivity contribution in [2.24, 2.45) is 0 Å². The van der Waals surface area contributed by atoms with Crippen LogP contribution in [0.5, 0.6) is 5.75 Å². The van der Waals surface area contributed by atoms with E-state index in [1.807, 2.05) is 0 Å². The van der Waals surface area contributed by atoms with Gasteiger partial charge in [-0.2, -0.15) is 0 Å². The first-order valence-corrected chi connectivity index (χ1v) is 9.47. The van der Waals surface area contributed by atoms with Crippen LogP contribution < -0.4 is 4.74 Å². The highest BCUT2D eigenvalue weighted by Crippen LogP contribution is 2.40. The molecule has 1 fully saturated rings. The van der Waals surface area contributed by atoms with Gasteiger partial charge in [-0.25, -0.2) is 0 Å². The van der Waals surface area contributed by atoms with Crippen LogP contribution in [0.15, 0.2) is 46.4 Å². The number of furan rings is 1. The highest BCUT2D eigenvalue weighted by molar-refractivity contribution is 6.46. The lowest BCUT2D eigenvalue weighted by Gasteiger charge is -2.23. The zero-order valence-electron chi connectivity index (χ0n) is 16.4. The minimum Gasteiger partial charge on any atom is -0.507 e. The van der Waals surface area contributed by atoms with E-state index in [1.165, 1.54) is 4.90 Å². The average Bonchev–Trinajstić information content (AvgIpc) is 3.24. The zero-order chi connectivity index (χ0) is 20.3. The summed E-state index contributed by atoms with van der Waals surface area (Å²) in [5.41, 5.74) is 0.502. The minimum atomic E-state index is -0.729. The number of methoxy groups -OCH3 is 1. The predicted molar refractivity (Wildman–Crippen MR) is 105 cm³/mol. The molecular formula is C22H25NO5. The highest BCUT2D eigenvalue weighted by Gasteiger charge is 2.47. The highest BCUT2D eigenvalue weighted by atomic mass is 16.5. The fraction of sp³-hybridized carbons (Fsp3) is 0.364. The van der Waals surface area contributed by atoms with Crippen molar-refractivity contribution < 1.29 is 23.8 Å². The smallest absolute Gasteiger partial charge is 0.295 e. The molecule has 2 heterocycles. The molecule has 148 valence electrons. The Morgan fingerprint density at radius 3 is 2.43 bits per heavy atom. The minimum absolute atomic E-state index is 0.0565. The monoisotopic (exact) mass is 383 g/mol. The third kappa shape index (κ3) is 3.67. The number of aryl methyl sites for hydroxylation is 1. The van der Waals surface area contributed by atoms with Gasteiger partial charge < -0.3 is 19.2 Å². The van der Waals surface area contributed by atoms with Crippen LogP contribution in [0, 0.1) is 6.92 Å². The van der Waals surface area contributed by atoms with E-state index < -0.39 is 17.7 Å². The summed E-state index contributed by atoms with van der Waals surface area (Å²) >= 11 is 0. The molecule has 6 nitrogen and oxygen atoms in total. The first-order valence-electron chi connectivity index (χ1n) is 9.47. The molecule has 1 aliphatic heterocycles. The van der Waals surface area contributed by atoms with Crippen molar-refractivity contribution in [3.8, 4) is 5.75 Å². The number of amides is 1. The van der Waals surface area contributed by atoms with Gasteiger partial charge in [-0.05, 0) is 49.7 Å². The second kappa shape index (κ2) is 8.33. The molecule has 1 unspecified atom stereocenters. The number of rotatable bonds is 7. The number of unbranched alkanes of at least 4 members (excludes halogenated alkanes) is 2. The molecule has 0 saturated carbocycles. The van der Waals surface area contributed by atoms with Crippen LogP contribution in [0.2, 0.25) is 0 Å². The van der Waals surface area contributed by atoms with E-state index in [4.69, 9.17) is 9.15 Å². The summed E-state index contributed by atoms with van der Waals surface area (Å²) < 4.78 is 10.9. The number of aliphatic hydroxyl groups excluding tert-OH is 1. The van der Waals surface area contributed by atoms with Crippen molar-refractivity contribution >= 4 is 17.4 Å². The number of ketones is 1. The number of hydrogen-bond donors (Lipinski definition) is 1. The molecule has 0 radical (unpaired) electrons. The number of aliphatic hydroxyl groups is 1. The number of hydrogen-bond acceptors (Lipinski definition) is 5. The molecule has 0 spiro atoms. The van der Waals surface area contributed by atoms with Gasteiger partial charge in [-0.15, -0.1) is 0 Å². The van der Waals surface area contributed by atoms with Gasteiger partial charge in [-0.1, -0.05) is 19.8 Å². The Bertz CT molecular complexity index is 894. The third-order valence-corrected chi connectivity index (χ3v) is 4.94. The number of ether oxygens (including phenoxy) is 1. The molecular weight excluding hydrogens is 358 g/mol. The van der Waals surface area contributed by atoms with Crippen LogP contribution in [0.3, 0.4) is 0 Å². The Morgan fingerprint density at radius 2 is 1.86 bits per heavy atom. The van der Waals surface area contributed by atoms with E-state index in [0.29, 0.717) is 29.4 Å². The third-order valence-electron chi connectivity index (χ3n) is 4.94. The lowest BCUT2D eigenvalue weighted by molar-refractivity contribution is -0.140. The molecule has 2 aromatic rings. The van der Waals surface area contributed by atoms with Crippen molar-refractivity contribution in [2.45, 2.75) is 39.2 Å². The Labute approximate surface area is 164 Å². The van der Waals surface area contributed by atoms with Crippen molar-refractivity contribution in [2.75, 3.05) is 13.7 Å². The topological polar surface area (TPSA) is 80.0 Å².